The Morgan fingerprint density at radius 3 is 2.10 bits per heavy atom. The highest BCUT2D eigenvalue weighted by molar-refractivity contribution is 5.44. The first-order valence-electron chi connectivity index (χ1n) is 16.1. The zero-order chi connectivity index (χ0) is 30.3. The van der Waals surface area contributed by atoms with Crippen molar-refractivity contribution in [3.63, 3.8) is 0 Å². The molecule has 0 atom stereocenters. The van der Waals surface area contributed by atoms with Crippen LogP contribution in [0.25, 0.3) is 0 Å². The van der Waals surface area contributed by atoms with Crippen LogP contribution in [-0.2, 0) is 19.6 Å². The van der Waals surface area contributed by atoms with E-state index in [9.17, 15) is 0 Å². The second kappa shape index (κ2) is 14.5. The third-order valence-corrected chi connectivity index (χ3v) is 8.18. The molecule has 1 saturated heterocycles. The molecule has 1 saturated carbocycles. The van der Waals surface area contributed by atoms with Gasteiger partial charge in [-0.25, -0.2) is 4.98 Å². The van der Waals surface area contributed by atoms with Crippen LogP contribution in [-0.4, -0.2) is 80.4 Å². The number of pyridine rings is 1. The molecule has 7 nitrogen and oxygen atoms in total. The summed E-state index contributed by atoms with van der Waals surface area (Å²) in [7, 11) is 0. The minimum atomic E-state index is 0.0566. The van der Waals surface area contributed by atoms with Gasteiger partial charge in [0, 0.05) is 56.2 Å². The topological polar surface area (TPSA) is 67.9 Å². The molecular formula is C34H62N4O3. The number of rotatable bonds is 17. The summed E-state index contributed by atoms with van der Waals surface area (Å²) in [4.78, 5) is 7.18. The van der Waals surface area contributed by atoms with E-state index in [0.29, 0.717) is 18.2 Å². The number of ether oxygens (including phenoxy) is 3. The van der Waals surface area contributed by atoms with E-state index in [1.54, 1.807) is 0 Å². The van der Waals surface area contributed by atoms with Crippen molar-refractivity contribution in [2.75, 3.05) is 51.0 Å². The lowest BCUT2D eigenvalue weighted by atomic mass is 9.78. The molecular weight excluding hydrogens is 512 g/mol. The Hall–Kier alpha value is -1.25. The van der Waals surface area contributed by atoms with Crippen molar-refractivity contribution in [1.29, 1.82) is 0 Å². The zero-order valence-corrected chi connectivity index (χ0v) is 28.1. The number of nitrogens with zero attached hydrogens (tertiary/aromatic N) is 2. The molecule has 1 aliphatic carbocycles. The Morgan fingerprint density at radius 1 is 0.854 bits per heavy atom. The predicted molar refractivity (Wildman–Crippen MR) is 171 cm³/mol. The molecule has 7 heteroatoms. The van der Waals surface area contributed by atoms with Gasteiger partial charge in [0.1, 0.15) is 5.82 Å². The van der Waals surface area contributed by atoms with E-state index in [2.05, 4.69) is 103 Å². The maximum absolute atomic E-state index is 6.09. The van der Waals surface area contributed by atoms with Crippen LogP contribution in [0.2, 0.25) is 0 Å². The lowest BCUT2D eigenvalue weighted by molar-refractivity contribution is -0.103. The molecule has 236 valence electrons. The van der Waals surface area contributed by atoms with Gasteiger partial charge in [-0.05, 0) is 89.2 Å². The summed E-state index contributed by atoms with van der Waals surface area (Å²) in [6, 6.07) is 5.02. The van der Waals surface area contributed by atoms with Crippen LogP contribution in [0.5, 0.6) is 0 Å². The fourth-order valence-corrected chi connectivity index (χ4v) is 5.39. The van der Waals surface area contributed by atoms with Crippen molar-refractivity contribution in [3.8, 4) is 0 Å². The van der Waals surface area contributed by atoms with Crippen molar-refractivity contribution >= 4 is 5.82 Å². The zero-order valence-electron chi connectivity index (χ0n) is 28.1. The van der Waals surface area contributed by atoms with Crippen LogP contribution in [0.4, 0.5) is 5.82 Å². The molecule has 0 spiro atoms. The van der Waals surface area contributed by atoms with Gasteiger partial charge in [0.15, 0.2) is 0 Å². The monoisotopic (exact) mass is 574 g/mol. The molecule has 2 heterocycles. The Labute approximate surface area is 251 Å². The van der Waals surface area contributed by atoms with Crippen LogP contribution in [0.15, 0.2) is 18.3 Å². The first kappa shape index (κ1) is 34.2. The SMILES string of the molecule is CC(C)(C)COCCCO[C@H]1C[C@H](OCCNC(C)(C)CCC(C)(C)c2ccc(N3CC(NC(C)(C)C)C3)nc2)C1. The van der Waals surface area contributed by atoms with Gasteiger partial charge in [0.2, 0.25) is 0 Å². The van der Waals surface area contributed by atoms with E-state index in [4.69, 9.17) is 19.2 Å². The van der Waals surface area contributed by atoms with E-state index in [0.717, 1.165) is 84.0 Å². The maximum atomic E-state index is 6.09. The Balaban J connectivity index is 1.25. The highest BCUT2D eigenvalue weighted by Crippen LogP contribution is 2.32. The van der Waals surface area contributed by atoms with Gasteiger partial charge in [-0.2, -0.15) is 0 Å². The standard InChI is InChI=1S/C34H62N4O3/c1-31(2,3)25-39-17-11-18-40-28-20-29(21-28)41-19-16-36-34(9,10)15-14-33(7,8)26-12-13-30(35-22-26)38-23-27(24-38)37-32(4,5)6/h12-13,22,27-29,36-37H,11,14-21,23-25H2,1-10H3/t28-,29-. The molecule has 0 amide bonds. The van der Waals surface area contributed by atoms with Crippen LogP contribution < -0.4 is 15.5 Å². The molecule has 0 bridgehead atoms. The van der Waals surface area contributed by atoms with Gasteiger partial charge in [0.05, 0.1) is 25.4 Å². The van der Waals surface area contributed by atoms with Crippen molar-refractivity contribution in [1.82, 2.24) is 15.6 Å². The van der Waals surface area contributed by atoms with E-state index in [-0.39, 0.29) is 21.9 Å². The van der Waals surface area contributed by atoms with Crippen LogP contribution in [0.3, 0.4) is 0 Å². The van der Waals surface area contributed by atoms with Crippen LogP contribution in [0, 0.1) is 5.41 Å². The first-order valence-corrected chi connectivity index (χ1v) is 16.1. The number of aromatic nitrogens is 1. The van der Waals surface area contributed by atoms with Gasteiger partial charge >= 0.3 is 0 Å². The molecule has 1 aromatic rings. The molecule has 1 aromatic heterocycles. The van der Waals surface area contributed by atoms with Crippen LogP contribution in [0.1, 0.15) is 107 Å². The third kappa shape index (κ3) is 12.5. The van der Waals surface area contributed by atoms with Gasteiger partial charge in [-0.15, -0.1) is 0 Å². The van der Waals surface area contributed by atoms with E-state index >= 15 is 0 Å². The average Bonchev–Trinajstić information content (AvgIpc) is 2.81. The second-order valence-electron chi connectivity index (χ2n) is 16.0. The number of nitrogens with one attached hydrogen (secondary N) is 2. The largest absolute Gasteiger partial charge is 0.381 e. The fraction of sp³-hybridized carbons (Fsp3) is 0.853. The van der Waals surface area contributed by atoms with Gasteiger partial charge in [-0.3, -0.25) is 0 Å². The highest BCUT2D eigenvalue weighted by atomic mass is 16.5. The number of hydrogen-bond donors (Lipinski definition) is 2. The van der Waals surface area contributed by atoms with Crippen molar-refractivity contribution in [2.45, 2.75) is 136 Å². The van der Waals surface area contributed by atoms with E-state index in [1.165, 1.54) is 5.56 Å². The first-order chi connectivity index (χ1) is 19.0. The Bertz CT molecular complexity index is 892. The maximum Gasteiger partial charge on any atom is 0.128 e. The summed E-state index contributed by atoms with van der Waals surface area (Å²) in [5.74, 6) is 1.09. The molecule has 3 rings (SSSR count). The summed E-state index contributed by atoms with van der Waals surface area (Å²) in [6.45, 7) is 28.6. The smallest absolute Gasteiger partial charge is 0.128 e. The summed E-state index contributed by atoms with van der Waals surface area (Å²) < 4.78 is 17.8. The van der Waals surface area contributed by atoms with Crippen LogP contribution >= 0.6 is 0 Å². The summed E-state index contributed by atoms with van der Waals surface area (Å²) in [5, 5.41) is 7.40. The summed E-state index contributed by atoms with van der Waals surface area (Å²) in [6.07, 6.45) is 7.96. The minimum Gasteiger partial charge on any atom is -0.381 e. The molecule has 0 radical (unpaired) electrons. The van der Waals surface area contributed by atoms with Gasteiger partial charge < -0.3 is 29.7 Å². The molecule has 0 unspecified atom stereocenters. The quantitative estimate of drug-likeness (QED) is 0.218. The molecule has 2 aliphatic rings. The van der Waals surface area contributed by atoms with Gasteiger partial charge in [-0.1, -0.05) is 40.7 Å². The summed E-state index contributed by atoms with van der Waals surface area (Å²) in [5.41, 5.74) is 1.83. The Morgan fingerprint density at radius 2 is 1.51 bits per heavy atom. The fourth-order valence-electron chi connectivity index (χ4n) is 5.39. The molecule has 0 aromatic carbocycles. The lowest BCUT2D eigenvalue weighted by Gasteiger charge is -2.43. The third-order valence-electron chi connectivity index (χ3n) is 8.18. The second-order valence-corrected chi connectivity index (χ2v) is 16.0. The molecule has 41 heavy (non-hydrogen) atoms. The number of hydrogen-bond acceptors (Lipinski definition) is 7. The minimum absolute atomic E-state index is 0.0566. The van der Waals surface area contributed by atoms with E-state index < -0.39 is 0 Å². The highest BCUT2D eigenvalue weighted by Gasteiger charge is 2.32. The molecule has 2 fully saturated rings. The normalized spacial score (nSPS) is 20.7. The molecule has 2 N–H and O–H groups in total. The van der Waals surface area contributed by atoms with Crippen molar-refractivity contribution in [2.24, 2.45) is 5.41 Å². The van der Waals surface area contributed by atoms with Gasteiger partial charge in [0.25, 0.3) is 0 Å². The molecule has 1 aliphatic heterocycles. The predicted octanol–water partition coefficient (Wildman–Crippen LogP) is 6.10. The van der Waals surface area contributed by atoms with Crippen molar-refractivity contribution < 1.29 is 14.2 Å². The average molecular weight is 575 g/mol. The van der Waals surface area contributed by atoms with E-state index in [1.807, 2.05) is 0 Å². The summed E-state index contributed by atoms with van der Waals surface area (Å²) >= 11 is 0. The number of anilines is 1. The Kier molecular flexibility index (Phi) is 12.1. The lowest BCUT2D eigenvalue weighted by Crippen LogP contribution is -2.62. The van der Waals surface area contributed by atoms with Crippen molar-refractivity contribution in [3.05, 3.63) is 23.9 Å².